The van der Waals surface area contributed by atoms with Gasteiger partial charge in [-0.1, -0.05) is 12.1 Å². The minimum atomic E-state index is -0.804. The monoisotopic (exact) mass is 427 g/mol. The fraction of sp³-hybridized carbons (Fsp3) is 0.348. The van der Waals surface area contributed by atoms with Crippen molar-refractivity contribution in [3.63, 3.8) is 0 Å². The molecule has 8 heteroatoms. The van der Waals surface area contributed by atoms with Crippen LogP contribution >= 0.6 is 0 Å². The number of hydrazine groups is 1. The number of amides is 3. The summed E-state index contributed by atoms with van der Waals surface area (Å²) in [4.78, 5) is 36.3. The second kappa shape index (κ2) is 9.97. The van der Waals surface area contributed by atoms with Gasteiger partial charge < -0.3 is 9.47 Å². The van der Waals surface area contributed by atoms with E-state index < -0.39 is 29.6 Å². The van der Waals surface area contributed by atoms with Gasteiger partial charge in [0.1, 0.15) is 11.4 Å². The highest BCUT2D eigenvalue weighted by Crippen LogP contribution is 2.21. The molecule has 1 atom stereocenters. The van der Waals surface area contributed by atoms with E-state index in [0.29, 0.717) is 17.0 Å². The van der Waals surface area contributed by atoms with E-state index >= 15 is 0 Å². The Hall–Kier alpha value is -3.55. The summed E-state index contributed by atoms with van der Waals surface area (Å²) in [5, 5.41) is 2.58. The van der Waals surface area contributed by atoms with Gasteiger partial charge in [-0.2, -0.15) is 0 Å². The van der Waals surface area contributed by atoms with E-state index in [-0.39, 0.29) is 0 Å². The highest BCUT2D eigenvalue weighted by Gasteiger charge is 2.18. The average Bonchev–Trinajstić information content (AvgIpc) is 2.68. The number of nitrogens with one attached hydrogen (secondary N) is 3. The molecule has 0 spiro atoms. The highest BCUT2D eigenvalue weighted by molar-refractivity contribution is 5.96. The summed E-state index contributed by atoms with van der Waals surface area (Å²) < 4.78 is 10.9. The third kappa shape index (κ3) is 7.33. The maximum Gasteiger partial charge on any atom is 0.412 e. The molecule has 2 aromatic carbocycles. The molecular weight excluding hydrogens is 398 g/mol. The van der Waals surface area contributed by atoms with Crippen LogP contribution in [0.15, 0.2) is 42.5 Å². The van der Waals surface area contributed by atoms with E-state index in [1.807, 2.05) is 26.0 Å². The van der Waals surface area contributed by atoms with E-state index in [4.69, 9.17) is 9.47 Å². The Bertz CT molecular complexity index is 949. The van der Waals surface area contributed by atoms with Gasteiger partial charge in [0.2, 0.25) is 0 Å². The van der Waals surface area contributed by atoms with Crippen molar-refractivity contribution in [3.05, 3.63) is 59.2 Å². The SMILES string of the molecule is Cc1cccc(O[C@@H](C)C(=O)NNC(=O)c2ccc(NC(=O)OC(C)(C)C)cc2)c1C. The van der Waals surface area contributed by atoms with Gasteiger partial charge in [-0.15, -0.1) is 0 Å². The number of aryl methyl sites for hydroxylation is 1. The first kappa shape index (κ1) is 23.7. The molecule has 0 saturated heterocycles. The van der Waals surface area contributed by atoms with Gasteiger partial charge in [0.25, 0.3) is 11.8 Å². The first-order chi connectivity index (χ1) is 14.5. The summed E-state index contributed by atoms with van der Waals surface area (Å²) >= 11 is 0. The van der Waals surface area contributed by atoms with Crippen LogP contribution in [-0.2, 0) is 9.53 Å². The number of benzene rings is 2. The molecule has 0 saturated carbocycles. The fourth-order valence-corrected chi connectivity index (χ4v) is 2.51. The Morgan fingerprint density at radius 2 is 1.58 bits per heavy atom. The van der Waals surface area contributed by atoms with Crippen LogP contribution in [-0.4, -0.2) is 29.6 Å². The minimum absolute atomic E-state index is 0.304. The van der Waals surface area contributed by atoms with Gasteiger partial charge in [0.05, 0.1) is 0 Å². The third-order valence-corrected chi connectivity index (χ3v) is 4.32. The molecule has 3 amide bonds. The van der Waals surface area contributed by atoms with Crippen LogP contribution in [0.3, 0.4) is 0 Å². The normalized spacial score (nSPS) is 11.8. The summed E-state index contributed by atoms with van der Waals surface area (Å²) in [5.41, 5.74) is 6.89. The van der Waals surface area contributed by atoms with Crippen molar-refractivity contribution in [1.82, 2.24) is 10.9 Å². The zero-order valence-electron chi connectivity index (χ0n) is 18.7. The Morgan fingerprint density at radius 1 is 0.935 bits per heavy atom. The summed E-state index contributed by atoms with van der Waals surface area (Å²) in [5.74, 6) is -0.379. The molecule has 2 aromatic rings. The predicted molar refractivity (Wildman–Crippen MR) is 118 cm³/mol. The molecule has 0 aliphatic carbocycles. The lowest BCUT2D eigenvalue weighted by molar-refractivity contribution is -0.128. The number of carbonyl (C=O) groups is 3. The molecule has 3 N–H and O–H groups in total. The average molecular weight is 428 g/mol. The molecular formula is C23H29N3O5. The molecule has 8 nitrogen and oxygen atoms in total. The van der Waals surface area contributed by atoms with E-state index in [9.17, 15) is 14.4 Å². The van der Waals surface area contributed by atoms with Gasteiger partial charge in [-0.3, -0.25) is 25.8 Å². The zero-order chi connectivity index (χ0) is 23.2. The molecule has 31 heavy (non-hydrogen) atoms. The summed E-state index contributed by atoms with van der Waals surface area (Å²) in [6, 6.07) is 11.8. The number of hydrogen-bond donors (Lipinski definition) is 3. The molecule has 0 aromatic heterocycles. The number of carbonyl (C=O) groups excluding carboxylic acids is 3. The van der Waals surface area contributed by atoms with E-state index in [1.54, 1.807) is 45.9 Å². The van der Waals surface area contributed by atoms with Crippen LogP contribution in [0.1, 0.15) is 49.2 Å². The number of hydrogen-bond acceptors (Lipinski definition) is 5. The van der Waals surface area contributed by atoms with Crippen molar-refractivity contribution in [1.29, 1.82) is 0 Å². The molecule has 0 unspecified atom stereocenters. The lowest BCUT2D eigenvalue weighted by Crippen LogP contribution is -2.47. The van der Waals surface area contributed by atoms with Crippen molar-refractivity contribution in [3.8, 4) is 5.75 Å². The van der Waals surface area contributed by atoms with Crippen LogP contribution < -0.4 is 20.9 Å². The topological polar surface area (TPSA) is 106 Å². The standard InChI is InChI=1S/C23H29N3O5/c1-14-8-7-9-19(15(14)2)30-16(3)20(27)25-26-21(28)17-10-12-18(13-11-17)24-22(29)31-23(4,5)6/h7-13,16H,1-6H3,(H,24,29)(H,25,27)(H,26,28)/t16-/m0/s1. The molecule has 0 aliphatic rings. The summed E-state index contributed by atoms with van der Waals surface area (Å²) in [6.07, 6.45) is -1.39. The highest BCUT2D eigenvalue weighted by atomic mass is 16.6. The van der Waals surface area contributed by atoms with Gasteiger partial charge in [0, 0.05) is 11.3 Å². The minimum Gasteiger partial charge on any atom is -0.481 e. The second-order valence-electron chi connectivity index (χ2n) is 8.11. The van der Waals surface area contributed by atoms with Crippen LogP contribution in [0.5, 0.6) is 5.75 Å². The molecule has 0 bridgehead atoms. The Morgan fingerprint density at radius 3 is 2.19 bits per heavy atom. The molecule has 2 rings (SSSR count). The second-order valence-corrected chi connectivity index (χ2v) is 8.11. The van der Waals surface area contributed by atoms with Gasteiger partial charge in [-0.05, 0) is 83.0 Å². The molecule has 166 valence electrons. The van der Waals surface area contributed by atoms with Crippen LogP contribution in [0, 0.1) is 13.8 Å². The van der Waals surface area contributed by atoms with Crippen LogP contribution in [0.2, 0.25) is 0 Å². The van der Waals surface area contributed by atoms with Gasteiger partial charge in [-0.25, -0.2) is 4.79 Å². The molecule has 0 aliphatic heterocycles. The summed E-state index contributed by atoms with van der Waals surface area (Å²) in [7, 11) is 0. The molecule has 0 fully saturated rings. The first-order valence-electron chi connectivity index (χ1n) is 9.89. The Balaban J connectivity index is 1.86. The summed E-state index contributed by atoms with van der Waals surface area (Å²) in [6.45, 7) is 10.8. The van der Waals surface area contributed by atoms with E-state index in [2.05, 4.69) is 16.2 Å². The molecule has 0 radical (unpaired) electrons. The van der Waals surface area contributed by atoms with Crippen molar-refractivity contribution < 1.29 is 23.9 Å². The van der Waals surface area contributed by atoms with Crippen molar-refractivity contribution >= 4 is 23.6 Å². The lowest BCUT2D eigenvalue weighted by Gasteiger charge is -2.19. The number of rotatable bonds is 5. The fourth-order valence-electron chi connectivity index (χ4n) is 2.51. The van der Waals surface area contributed by atoms with Gasteiger partial charge in [0.15, 0.2) is 6.10 Å². The maximum absolute atomic E-state index is 12.3. The van der Waals surface area contributed by atoms with E-state index in [0.717, 1.165) is 11.1 Å². The van der Waals surface area contributed by atoms with Crippen molar-refractivity contribution in [2.75, 3.05) is 5.32 Å². The maximum atomic E-state index is 12.3. The van der Waals surface area contributed by atoms with Crippen molar-refractivity contribution in [2.24, 2.45) is 0 Å². The predicted octanol–water partition coefficient (Wildman–Crippen LogP) is 3.88. The number of ether oxygens (including phenoxy) is 2. The zero-order valence-corrected chi connectivity index (χ0v) is 18.7. The van der Waals surface area contributed by atoms with Crippen LogP contribution in [0.4, 0.5) is 10.5 Å². The molecule has 0 heterocycles. The lowest BCUT2D eigenvalue weighted by atomic mass is 10.1. The van der Waals surface area contributed by atoms with E-state index in [1.165, 1.54) is 12.1 Å². The Labute approximate surface area is 182 Å². The smallest absolute Gasteiger partial charge is 0.412 e. The first-order valence-corrected chi connectivity index (χ1v) is 9.89. The third-order valence-electron chi connectivity index (χ3n) is 4.32. The van der Waals surface area contributed by atoms with Crippen LogP contribution in [0.25, 0.3) is 0 Å². The Kier molecular flexibility index (Phi) is 7.63. The quantitative estimate of drug-likeness (QED) is 0.628. The van der Waals surface area contributed by atoms with Crippen molar-refractivity contribution in [2.45, 2.75) is 53.2 Å². The van der Waals surface area contributed by atoms with Gasteiger partial charge >= 0.3 is 6.09 Å². The largest absolute Gasteiger partial charge is 0.481 e. The number of anilines is 1.